The molecule has 2 unspecified atom stereocenters. The topological polar surface area (TPSA) is 67.9 Å². The third-order valence-electron chi connectivity index (χ3n) is 5.02. The SMILES string of the molecule is CCOC(=O)c1c(NC(=O)CN2CC(C)OC(C)C2)sc2c1CCCCC2. The first-order valence-corrected chi connectivity index (χ1v) is 10.8. The van der Waals surface area contributed by atoms with Crippen LogP contribution in [0.3, 0.4) is 0 Å². The Morgan fingerprint density at radius 3 is 2.59 bits per heavy atom. The number of anilines is 1. The summed E-state index contributed by atoms with van der Waals surface area (Å²) in [5.74, 6) is -0.404. The van der Waals surface area contributed by atoms with Gasteiger partial charge in [0.2, 0.25) is 5.91 Å². The van der Waals surface area contributed by atoms with Crippen LogP contribution >= 0.6 is 11.3 Å². The second kappa shape index (κ2) is 9.17. The number of hydrogen-bond donors (Lipinski definition) is 1. The van der Waals surface area contributed by atoms with Crippen LogP contribution in [0.15, 0.2) is 0 Å². The average Bonchev–Trinajstić information content (AvgIpc) is 2.75. The third-order valence-corrected chi connectivity index (χ3v) is 6.22. The van der Waals surface area contributed by atoms with E-state index in [9.17, 15) is 9.59 Å². The summed E-state index contributed by atoms with van der Waals surface area (Å²) in [7, 11) is 0. The number of fused-ring (bicyclic) bond motifs is 1. The summed E-state index contributed by atoms with van der Waals surface area (Å²) in [6.07, 6.45) is 5.48. The molecule has 0 saturated carbocycles. The Kier molecular flexibility index (Phi) is 6.89. The van der Waals surface area contributed by atoms with Crippen molar-refractivity contribution < 1.29 is 19.1 Å². The summed E-state index contributed by atoms with van der Waals surface area (Å²) in [5.41, 5.74) is 1.66. The molecule has 0 aromatic carbocycles. The van der Waals surface area contributed by atoms with Crippen LogP contribution in [0, 0.1) is 0 Å². The predicted octanol–water partition coefficient (Wildman–Crippen LogP) is 3.24. The molecule has 1 aromatic heterocycles. The fraction of sp³-hybridized carbons (Fsp3) is 0.700. The van der Waals surface area contributed by atoms with E-state index in [0.29, 0.717) is 23.7 Å². The maximum absolute atomic E-state index is 12.7. The summed E-state index contributed by atoms with van der Waals surface area (Å²) < 4.78 is 11.0. The average molecular weight is 395 g/mol. The molecule has 2 heterocycles. The molecule has 7 heteroatoms. The summed E-state index contributed by atoms with van der Waals surface area (Å²) in [5, 5.41) is 3.65. The van der Waals surface area contributed by atoms with Crippen molar-refractivity contribution in [1.29, 1.82) is 0 Å². The molecule has 1 aliphatic carbocycles. The predicted molar refractivity (Wildman–Crippen MR) is 107 cm³/mol. The molecule has 1 N–H and O–H groups in total. The lowest BCUT2D eigenvalue weighted by Crippen LogP contribution is -2.48. The first kappa shape index (κ1) is 20.3. The van der Waals surface area contributed by atoms with Crippen molar-refractivity contribution >= 4 is 28.2 Å². The van der Waals surface area contributed by atoms with Gasteiger partial charge >= 0.3 is 5.97 Å². The van der Waals surface area contributed by atoms with Crippen molar-refractivity contribution in [3.8, 4) is 0 Å². The largest absolute Gasteiger partial charge is 0.462 e. The minimum absolute atomic E-state index is 0.0849. The Balaban J connectivity index is 1.75. The lowest BCUT2D eigenvalue weighted by molar-refractivity contribution is -0.121. The van der Waals surface area contributed by atoms with Gasteiger partial charge in [-0.05, 0) is 52.0 Å². The molecule has 6 nitrogen and oxygen atoms in total. The van der Waals surface area contributed by atoms with Gasteiger partial charge < -0.3 is 14.8 Å². The van der Waals surface area contributed by atoms with Crippen LogP contribution in [0.2, 0.25) is 0 Å². The van der Waals surface area contributed by atoms with Gasteiger partial charge in [0.05, 0.1) is 30.9 Å². The summed E-state index contributed by atoms with van der Waals surface area (Å²) >= 11 is 1.54. The highest BCUT2D eigenvalue weighted by Crippen LogP contribution is 2.38. The van der Waals surface area contributed by atoms with Crippen LogP contribution in [0.4, 0.5) is 5.00 Å². The van der Waals surface area contributed by atoms with Crippen molar-refractivity contribution in [3.63, 3.8) is 0 Å². The van der Waals surface area contributed by atoms with E-state index < -0.39 is 0 Å². The van der Waals surface area contributed by atoms with E-state index >= 15 is 0 Å². The minimum atomic E-state index is -0.319. The van der Waals surface area contributed by atoms with E-state index in [0.717, 1.165) is 44.3 Å². The van der Waals surface area contributed by atoms with Crippen LogP contribution in [0.1, 0.15) is 60.8 Å². The molecule has 150 valence electrons. The Morgan fingerprint density at radius 1 is 1.19 bits per heavy atom. The maximum Gasteiger partial charge on any atom is 0.341 e. The number of hydrogen-bond acceptors (Lipinski definition) is 6. The molecule has 1 saturated heterocycles. The van der Waals surface area contributed by atoms with Gasteiger partial charge in [0.1, 0.15) is 5.00 Å². The van der Waals surface area contributed by atoms with Crippen LogP contribution < -0.4 is 5.32 Å². The normalized spacial score (nSPS) is 23.4. The second-order valence-electron chi connectivity index (χ2n) is 7.49. The van der Waals surface area contributed by atoms with Gasteiger partial charge in [0.25, 0.3) is 0 Å². The number of nitrogens with one attached hydrogen (secondary N) is 1. The van der Waals surface area contributed by atoms with Crippen molar-refractivity contribution in [2.45, 2.75) is 65.1 Å². The number of amides is 1. The zero-order valence-electron chi connectivity index (χ0n) is 16.5. The molecule has 1 amide bonds. The number of esters is 1. The highest BCUT2D eigenvalue weighted by molar-refractivity contribution is 7.17. The number of nitrogens with zero attached hydrogens (tertiary/aromatic N) is 1. The molecule has 2 atom stereocenters. The molecule has 27 heavy (non-hydrogen) atoms. The van der Waals surface area contributed by atoms with Crippen molar-refractivity contribution in [2.24, 2.45) is 0 Å². The Hall–Kier alpha value is -1.44. The van der Waals surface area contributed by atoms with Gasteiger partial charge in [0, 0.05) is 18.0 Å². The highest BCUT2D eigenvalue weighted by Gasteiger charge is 2.28. The third kappa shape index (κ3) is 5.09. The first-order valence-electron chi connectivity index (χ1n) is 9.97. The number of rotatable bonds is 5. The lowest BCUT2D eigenvalue weighted by Gasteiger charge is -2.34. The van der Waals surface area contributed by atoms with Gasteiger partial charge in [0.15, 0.2) is 0 Å². The number of ether oxygens (including phenoxy) is 2. The van der Waals surface area contributed by atoms with Crippen molar-refractivity contribution in [2.75, 3.05) is 31.6 Å². The monoisotopic (exact) mass is 394 g/mol. The number of morpholine rings is 1. The van der Waals surface area contributed by atoms with Gasteiger partial charge in [-0.2, -0.15) is 0 Å². The van der Waals surface area contributed by atoms with Crippen molar-refractivity contribution in [3.05, 3.63) is 16.0 Å². The van der Waals surface area contributed by atoms with Gasteiger partial charge in [-0.25, -0.2) is 4.79 Å². The maximum atomic E-state index is 12.7. The lowest BCUT2D eigenvalue weighted by atomic mass is 10.1. The van der Waals surface area contributed by atoms with Gasteiger partial charge in [-0.1, -0.05) is 6.42 Å². The number of carbonyl (C=O) groups excluding carboxylic acids is 2. The van der Waals surface area contributed by atoms with E-state index in [1.54, 1.807) is 11.3 Å². The number of carbonyl (C=O) groups is 2. The van der Waals surface area contributed by atoms with E-state index in [1.165, 1.54) is 11.3 Å². The smallest absolute Gasteiger partial charge is 0.341 e. The first-order chi connectivity index (χ1) is 13.0. The fourth-order valence-electron chi connectivity index (χ4n) is 4.03. The molecule has 0 bridgehead atoms. The summed E-state index contributed by atoms with van der Waals surface area (Å²) in [4.78, 5) is 28.6. The van der Waals surface area contributed by atoms with Crippen LogP contribution in [-0.4, -0.2) is 55.2 Å². The molecular weight excluding hydrogens is 364 g/mol. The Morgan fingerprint density at radius 2 is 1.89 bits per heavy atom. The van der Waals surface area contributed by atoms with E-state index in [-0.39, 0.29) is 24.1 Å². The van der Waals surface area contributed by atoms with Crippen LogP contribution in [0.25, 0.3) is 0 Å². The Labute approximate surface area is 165 Å². The summed E-state index contributed by atoms with van der Waals surface area (Å²) in [6.45, 7) is 7.98. The quantitative estimate of drug-likeness (QED) is 0.613. The molecule has 2 aliphatic rings. The van der Waals surface area contributed by atoms with E-state index in [4.69, 9.17) is 9.47 Å². The zero-order valence-corrected chi connectivity index (χ0v) is 17.3. The Bertz CT molecular complexity index is 678. The summed E-state index contributed by atoms with van der Waals surface area (Å²) in [6, 6.07) is 0. The molecule has 1 aromatic rings. The molecule has 0 spiro atoms. The minimum Gasteiger partial charge on any atom is -0.462 e. The second-order valence-corrected chi connectivity index (χ2v) is 8.59. The van der Waals surface area contributed by atoms with Gasteiger partial charge in [-0.15, -0.1) is 11.3 Å². The van der Waals surface area contributed by atoms with Gasteiger partial charge in [-0.3, -0.25) is 9.69 Å². The fourth-order valence-corrected chi connectivity index (χ4v) is 5.33. The molecule has 0 radical (unpaired) electrons. The zero-order chi connectivity index (χ0) is 19.4. The number of thiophene rings is 1. The van der Waals surface area contributed by atoms with E-state index in [1.807, 2.05) is 20.8 Å². The molecular formula is C20H30N2O4S. The standard InChI is InChI=1S/C20H30N2O4S/c1-4-25-20(24)18-15-8-6-5-7-9-16(15)27-19(18)21-17(23)12-22-10-13(2)26-14(3)11-22/h13-14H,4-12H2,1-3H3,(H,21,23). The number of aryl methyl sites for hydroxylation is 1. The van der Waals surface area contributed by atoms with Crippen molar-refractivity contribution in [1.82, 2.24) is 4.90 Å². The molecule has 1 aliphatic heterocycles. The molecule has 3 rings (SSSR count). The van der Waals surface area contributed by atoms with Crippen LogP contribution in [0.5, 0.6) is 0 Å². The van der Waals surface area contributed by atoms with Crippen LogP contribution in [-0.2, 0) is 27.1 Å². The van der Waals surface area contributed by atoms with E-state index in [2.05, 4.69) is 10.2 Å². The molecule has 1 fully saturated rings. The highest BCUT2D eigenvalue weighted by atomic mass is 32.1.